The molecule has 3 atom stereocenters. The zero-order valence-corrected chi connectivity index (χ0v) is 28.5. The molecule has 0 radical (unpaired) electrons. The number of carbonyl (C=O) groups excluding carboxylic acids is 9. The second-order valence-corrected chi connectivity index (χ2v) is 10.9. The SMILES string of the molecule is CC(=O)N(O)CCCC1NC(=O)CNC(=O)CNC(=O)CNC(=O)C(CCCN(O)C(C)=O)NC(=O)C(CCCN(O)C(C)=O)NC1=O.[Fe]. The van der Waals surface area contributed by atoms with Crippen LogP contribution in [0.25, 0.3) is 0 Å². The van der Waals surface area contributed by atoms with Crippen LogP contribution in [0.2, 0.25) is 0 Å². The molecule has 278 valence electrons. The van der Waals surface area contributed by atoms with Gasteiger partial charge < -0.3 is 31.9 Å². The first-order valence-corrected chi connectivity index (χ1v) is 15.1. The van der Waals surface area contributed by atoms with Crippen LogP contribution in [-0.2, 0) is 60.2 Å². The van der Waals surface area contributed by atoms with Gasteiger partial charge >= 0.3 is 0 Å². The van der Waals surface area contributed by atoms with Gasteiger partial charge in [-0.25, -0.2) is 15.2 Å². The van der Waals surface area contributed by atoms with Crippen molar-refractivity contribution in [2.24, 2.45) is 0 Å². The third-order valence-electron chi connectivity index (χ3n) is 6.91. The molecule has 9 N–H and O–H groups in total. The minimum absolute atomic E-state index is 0. The first kappa shape index (κ1) is 44.6. The van der Waals surface area contributed by atoms with Crippen LogP contribution in [0, 0.1) is 0 Å². The largest absolute Gasteiger partial charge is 0.346 e. The van der Waals surface area contributed by atoms with Crippen molar-refractivity contribution in [1.29, 1.82) is 0 Å². The zero-order valence-electron chi connectivity index (χ0n) is 27.4. The molecule has 22 heteroatoms. The summed E-state index contributed by atoms with van der Waals surface area (Å²) < 4.78 is 0. The number of hydroxylamine groups is 6. The Morgan fingerprint density at radius 1 is 0.531 bits per heavy atom. The van der Waals surface area contributed by atoms with Crippen LogP contribution < -0.4 is 31.9 Å². The van der Waals surface area contributed by atoms with Crippen molar-refractivity contribution in [2.45, 2.75) is 77.4 Å². The van der Waals surface area contributed by atoms with E-state index in [-0.39, 0.29) is 75.2 Å². The van der Waals surface area contributed by atoms with Crippen molar-refractivity contribution in [1.82, 2.24) is 47.1 Å². The molecule has 1 saturated heterocycles. The van der Waals surface area contributed by atoms with E-state index in [4.69, 9.17) is 0 Å². The smallest absolute Gasteiger partial charge is 0.243 e. The van der Waals surface area contributed by atoms with E-state index in [0.717, 1.165) is 20.8 Å². The van der Waals surface area contributed by atoms with Gasteiger partial charge in [0.25, 0.3) is 0 Å². The Hall–Kier alpha value is -4.37. The van der Waals surface area contributed by atoms with Crippen LogP contribution >= 0.6 is 0 Å². The summed E-state index contributed by atoms with van der Waals surface area (Å²) in [6, 6.07) is -4.11. The quantitative estimate of drug-likeness (QED) is 0.0523. The van der Waals surface area contributed by atoms with Gasteiger partial charge in [-0.2, -0.15) is 0 Å². The Bertz CT molecular complexity index is 1180. The molecule has 0 aliphatic carbocycles. The van der Waals surface area contributed by atoms with E-state index in [0.29, 0.717) is 15.2 Å². The maximum Gasteiger partial charge on any atom is 0.243 e. The first-order chi connectivity index (χ1) is 22.5. The van der Waals surface area contributed by atoms with Crippen LogP contribution in [0.15, 0.2) is 0 Å². The Balaban J connectivity index is 0.0000230. The summed E-state index contributed by atoms with van der Waals surface area (Å²) in [4.78, 5) is 111. The Morgan fingerprint density at radius 3 is 1.20 bits per heavy atom. The standard InChI is InChI=1S/C27H45N9O12.Fe/c1-16(37)34(46)10-4-7-19-25(43)30-14-23(41)28-13-22(40)29-15-24(42)31-20(8-5-11-35(47)17(2)38)26(44)33-21(27(45)32-19)9-6-12-36(48)18(3)39;/h19-21,46-48H,4-15H2,1-3H3,(H,28,41)(H,29,40)(H,30,43)(H,31,42)(H,32,45)(H,33,44);. The van der Waals surface area contributed by atoms with Gasteiger partial charge in [0.2, 0.25) is 53.2 Å². The summed E-state index contributed by atoms with van der Waals surface area (Å²) in [6.07, 6.45) is -0.483. The Kier molecular flexibility index (Phi) is 21.0. The summed E-state index contributed by atoms with van der Waals surface area (Å²) in [5.74, 6) is -7.02. The summed E-state index contributed by atoms with van der Waals surface area (Å²) in [7, 11) is 0. The second-order valence-electron chi connectivity index (χ2n) is 10.9. The molecule has 49 heavy (non-hydrogen) atoms. The van der Waals surface area contributed by atoms with Gasteiger partial charge in [-0.15, -0.1) is 0 Å². The molecule has 1 heterocycles. The van der Waals surface area contributed by atoms with Crippen LogP contribution in [0.1, 0.15) is 59.3 Å². The van der Waals surface area contributed by atoms with Gasteiger partial charge in [-0.3, -0.25) is 58.8 Å². The molecule has 1 rings (SSSR count). The summed E-state index contributed by atoms with van der Waals surface area (Å²) in [5, 5.41) is 44.5. The monoisotopic (exact) mass is 743 g/mol. The number of nitrogens with zero attached hydrogens (tertiary/aromatic N) is 3. The van der Waals surface area contributed by atoms with Gasteiger partial charge in [0.15, 0.2) is 0 Å². The molecule has 0 spiro atoms. The van der Waals surface area contributed by atoms with Gasteiger partial charge in [0.05, 0.1) is 19.6 Å². The van der Waals surface area contributed by atoms with Crippen LogP contribution in [0.4, 0.5) is 0 Å². The van der Waals surface area contributed by atoms with E-state index in [2.05, 4.69) is 31.9 Å². The van der Waals surface area contributed by atoms with Crippen molar-refractivity contribution < 1.29 is 75.8 Å². The molecule has 1 aliphatic heterocycles. The molecule has 3 unspecified atom stereocenters. The zero-order chi connectivity index (χ0) is 36.4. The minimum Gasteiger partial charge on any atom is -0.346 e. The molecule has 21 nitrogen and oxygen atoms in total. The van der Waals surface area contributed by atoms with E-state index in [1.54, 1.807) is 0 Å². The molecule has 1 aliphatic rings. The number of hydrogen-bond donors (Lipinski definition) is 9. The second kappa shape index (κ2) is 23.1. The van der Waals surface area contributed by atoms with E-state index >= 15 is 0 Å². The Labute approximate surface area is 292 Å². The topological polar surface area (TPSA) is 296 Å². The van der Waals surface area contributed by atoms with E-state index in [1.807, 2.05) is 0 Å². The Morgan fingerprint density at radius 2 is 0.837 bits per heavy atom. The number of rotatable bonds is 12. The van der Waals surface area contributed by atoms with Crippen molar-refractivity contribution >= 4 is 53.2 Å². The van der Waals surface area contributed by atoms with Crippen LogP contribution in [0.5, 0.6) is 0 Å². The maximum absolute atomic E-state index is 13.5. The van der Waals surface area contributed by atoms with Crippen LogP contribution in [-0.4, -0.2) is 141 Å². The number of nitrogens with one attached hydrogen (secondary N) is 6. The molecule has 0 saturated carbocycles. The molecule has 0 aromatic rings. The van der Waals surface area contributed by atoms with Gasteiger partial charge in [0, 0.05) is 57.5 Å². The van der Waals surface area contributed by atoms with E-state index < -0.39 is 90.9 Å². The fourth-order valence-electron chi connectivity index (χ4n) is 4.18. The van der Waals surface area contributed by atoms with E-state index in [9.17, 15) is 58.8 Å². The maximum atomic E-state index is 13.5. The molecular weight excluding hydrogens is 698 g/mol. The van der Waals surface area contributed by atoms with Gasteiger partial charge in [-0.1, -0.05) is 0 Å². The van der Waals surface area contributed by atoms with E-state index in [1.165, 1.54) is 0 Å². The fourth-order valence-corrected chi connectivity index (χ4v) is 4.18. The number of hydrogen-bond acceptors (Lipinski definition) is 12. The molecule has 9 amide bonds. The van der Waals surface area contributed by atoms with Crippen molar-refractivity contribution in [3.05, 3.63) is 0 Å². The summed E-state index contributed by atoms with van der Waals surface area (Å²) in [5.41, 5.74) is 0. The summed E-state index contributed by atoms with van der Waals surface area (Å²) in [6.45, 7) is 0.894. The average Bonchev–Trinajstić information content (AvgIpc) is 3.02. The minimum atomic E-state index is -1.41. The number of carbonyl (C=O) groups is 9. The normalized spacial score (nSPS) is 19.6. The van der Waals surface area contributed by atoms with Gasteiger partial charge in [0.1, 0.15) is 18.1 Å². The average molecular weight is 744 g/mol. The molecule has 0 bridgehead atoms. The summed E-state index contributed by atoms with van der Waals surface area (Å²) >= 11 is 0. The third-order valence-corrected chi connectivity index (χ3v) is 6.91. The molecule has 1 fully saturated rings. The van der Waals surface area contributed by atoms with Gasteiger partial charge in [-0.05, 0) is 38.5 Å². The molecule has 0 aromatic heterocycles. The predicted molar refractivity (Wildman–Crippen MR) is 160 cm³/mol. The fraction of sp³-hybridized carbons (Fsp3) is 0.667. The molecule has 0 aromatic carbocycles. The van der Waals surface area contributed by atoms with Crippen molar-refractivity contribution in [3.63, 3.8) is 0 Å². The first-order valence-electron chi connectivity index (χ1n) is 15.1. The third kappa shape index (κ3) is 18.1. The van der Waals surface area contributed by atoms with Crippen LogP contribution in [0.3, 0.4) is 0 Å². The predicted octanol–water partition coefficient (Wildman–Crippen LogP) is -4.15. The van der Waals surface area contributed by atoms with Crippen molar-refractivity contribution in [2.75, 3.05) is 39.3 Å². The van der Waals surface area contributed by atoms with Crippen molar-refractivity contribution in [3.8, 4) is 0 Å². The molecular formula is C27H45FeN9O12. The number of amides is 9.